The van der Waals surface area contributed by atoms with Gasteiger partial charge in [0.2, 0.25) is 10.0 Å². The number of fused-ring (bicyclic) bond motifs is 1. The van der Waals surface area contributed by atoms with Gasteiger partial charge >= 0.3 is 5.76 Å². The van der Waals surface area contributed by atoms with Crippen LogP contribution in [0.15, 0.2) is 56.6 Å². The Morgan fingerprint density at radius 2 is 1.73 bits per heavy atom. The molecule has 0 aliphatic carbocycles. The molecule has 8 nitrogen and oxygen atoms in total. The molecule has 0 radical (unpaired) electrons. The highest BCUT2D eigenvalue weighted by Gasteiger charge is 2.31. The second-order valence-corrected chi connectivity index (χ2v) is 8.88. The Bertz CT molecular complexity index is 1260. The van der Waals surface area contributed by atoms with Gasteiger partial charge in [0.15, 0.2) is 5.58 Å². The summed E-state index contributed by atoms with van der Waals surface area (Å²) >= 11 is 0. The van der Waals surface area contributed by atoms with Crippen molar-refractivity contribution in [2.24, 2.45) is 0 Å². The third kappa shape index (κ3) is 3.52. The molecular formula is C20H20FN3O5S. The second kappa shape index (κ2) is 7.69. The van der Waals surface area contributed by atoms with E-state index in [1.165, 1.54) is 45.3 Å². The molecule has 0 saturated carbocycles. The number of benzene rings is 2. The van der Waals surface area contributed by atoms with Crippen LogP contribution in [0.1, 0.15) is 17.3 Å². The summed E-state index contributed by atoms with van der Waals surface area (Å²) in [6.45, 7) is 2.92. The number of carbonyl (C=O) groups excluding carboxylic acids is 1. The topological polar surface area (TPSA) is 92.8 Å². The van der Waals surface area contributed by atoms with Crippen LogP contribution in [0.3, 0.4) is 0 Å². The zero-order valence-corrected chi connectivity index (χ0v) is 17.1. The van der Waals surface area contributed by atoms with Crippen LogP contribution in [0.4, 0.5) is 4.39 Å². The number of carbonyl (C=O) groups is 1. The summed E-state index contributed by atoms with van der Waals surface area (Å²) < 4.78 is 47.0. The normalized spacial score (nSPS) is 15.6. The van der Waals surface area contributed by atoms with Crippen LogP contribution in [-0.2, 0) is 16.6 Å². The minimum absolute atomic E-state index is 0.0327. The lowest BCUT2D eigenvalue weighted by molar-refractivity contribution is 0.0698. The van der Waals surface area contributed by atoms with Gasteiger partial charge in [0.25, 0.3) is 5.91 Å². The number of oxazole rings is 1. The molecule has 158 valence electrons. The first-order chi connectivity index (χ1) is 14.3. The molecule has 4 rings (SSSR count). The maximum absolute atomic E-state index is 13.1. The highest BCUT2D eigenvalue weighted by Crippen LogP contribution is 2.23. The quantitative estimate of drug-likeness (QED) is 0.627. The van der Waals surface area contributed by atoms with Crippen molar-refractivity contribution in [3.63, 3.8) is 0 Å². The molecule has 1 aliphatic rings. The maximum Gasteiger partial charge on any atom is 0.419 e. The third-order valence-corrected chi connectivity index (χ3v) is 7.11. The van der Waals surface area contributed by atoms with E-state index in [0.29, 0.717) is 17.6 Å². The fraction of sp³-hybridized carbons (Fsp3) is 0.300. The van der Waals surface area contributed by atoms with Crippen LogP contribution in [0.2, 0.25) is 0 Å². The van der Waals surface area contributed by atoms with Crippen LogP contribution in [0, 0.1) is 5.82 Å². The Labute approximate surface area is 172 Å². The second-order valence-electron chi connectivity index (χ2n) is 6.94. The molecule has 0 bridgehead atoms. The van der Waals surface area contributed by atoms with E-state index >= 15 is 0 Å². The lowest BCUT2D eigenvalue weighted by Crippen LogP contribution is -2.50. The van der Waals surface area contributed by atoms with Gasteiger partial charge in [-0.25, -0.2) is 17.6 Å². The Morgan fingerprint density at radius 3 is 2.37 bits per heavy atom. The SMILES string of the molecule is CCn1c(=O)oc2cc(S(=O)(=O)N3CCN(C(=O)c4ccc(F)cc4)CC3)ccc21. The summed E-state index contributed by atoms with van der Waals surface area (Å²) in [6.07, 6.45) is 0. The molecule has 1 aliphatic heterocycles. The number of aromatic nitrogens is 1. The molecule has 2 aromatic carbocycles. The first-order valence-corrected chi connectivity index (χ1v) is 10.9. The first kappa shape index (κ1) is 20.3. The summed E-state index contributed by atoms with van der Waals surface area (Å²) in [4.78, 5) is 26.0. The van der Waals surface area contributed by atoms with Gasteiger partial charge in [-0.1, -0.05) is 0 Å². The van der Waals surface area contributed by atoms with Gasteiger partial charge in [-0.05, 0) is 43.3 Å². The lowest BCUT2D eigenvalue weighted by atomic mass is 10.2. The van der Waals surface area contributed by atoms with Crippen LogP contribution < -0.4 is 5.76 Å². The molecule has 1 aromatic heterocycles. The van der Waals surface area contributed by atoms with Crippen LogP contribution in [0.25, 0.3) is 11.1 Å². The van der Waals surface area contributed by atoms with Crippen molar-refractivity contribution in [1.29, 1.82) is 0 Å². The Balaban J connectivity index is 1.51. The molecule has 10 heteroatoms. The van der Waals surface area contributed by atoms with Gasteiger partial charge in [-0.2, -0.15) is 4.31 Å². The van der Waals surface area contributed by atoms with Gasteiger partial charge in [0.1, 0.15) is 5.82 Å². The average molecular weight is 433 g/mol. The lowest BCUT2D eigenvalue weighted by Gasteiger charge is -2.34. The number of rotatable bonds is 4. The number of nitrogens with zero attached hydrogens (tertiary/aromatic N) is 3. The zero-order valence-electron chi connectivity index (χ0n) is 16.2. The van der Waals surface area contributed by atoms with E-state index < -0.39 is 21.6 Å². The fourth-order valence-corrected chi connectivity index (χ4v) is 5.00. The summed E-state index contributed by atoms with van der Waals surface area (Å²) in [7, 11) is -3.81. The molecule has 0 spiro atoms. The van der Waals surface area contributed by atoms with Crippen LogP contribution in [-0.4, -0.2) is 54.3 Å². The van der Waals surface area contributed by atoms with Crippen molar-refractivity contribution in [3.05, 3.63) is 64.4 Å². The standard InChI is InChI=1S/C20H20FN3O5S/c1-2-24-17-8-7-16(13-18(17)29-20(24)26)30(27,28)23-11-9-22(10-12-23)19(25)14-3-5-15(21)6-4-14/h3-8,13H,2,9-12H2,1H3. The summed E-state index contributed by atoms with van der Waals surface area (Å²) in [5.41, 5.74) is 1.11. The molecule has 0 unspecified atom stereocenters. The van der Waals surface area contributed by atoms with Crippen molar-refractivity contribution >= 4 is 27.0 Å². The zero-order chi connectivity index (χ0) is 21.5. The number of hydrogen-bond donors (Lipinski definition) is 0. The number of aryl methyl sites for hydroxylation is 1. The maximum atomic E-state index is 13.1. The Hall–Kier alpha value is -2.98. The van der Waals surface area contributed by atoms with Gasteiger partial charge in [0, 0.05) is 44.4 Å². The number of sulfonamides is 1. The molecule has 1 saturated heterocycles. The molecule has 0 N–H and O–H groups in total. The van der Waals surface area contributed by atoms with Crippen molar-refractivity contribution < 1.29 is 22.0 Å². The smallest absolute Gasteiger partial charge is 0.408 e. The van der Waals surface area contributed by atoms with E-state index in [0.717, 1.165) is 0 Å². The number of amides is 1. The molecule has 2 heterocycles. The van der Waals surface area contributed by atoms with Crippen molar-refractivity contribution in [2.45, 2.75) is 18.4 Å². The van der Waals surface area contributed by atoms with E-state index in [4.69, 9.17) is 4.42 Å². The molecule has 30 heavy (non-hydrogen) atoms. The molecular weight excluding hydrogens is 413 g/mol. The van der Waals surface area contributed by atoms with Crippen molar-refractivity contribution in [2.75, 3.05) is 26.2 Å². The molecule has 3 aromatic rings. The van der Waals surface area contributed by atoms with Crippen LogP contribution >= 0.6 is 0 Å². The molecule has 0 atom stereocenters. The minimum atomic E-state index is -3.81. The average Bonchev–Trinajstić information content (AvgIpc) is 3.08. The monoisotopic (exact) mass is 433 g/mol. The number of piperazine rings is 1. The number of halogens is 1. The molecule has 1 fully saturated rings. The highest BCUT2D eigenvalue weighted by atomic mass is 32.2. The summed E-state index contributed by atoms with van der Waals surface area (Å²) in [5.74, 6) is -1.23. The van der Waals surface area contributed by atoms with E-state index in [9.17, 15) is 22.4 Å². The van der Waals surface area contributed by atoms with Crippen molar-refractivity contribution in [1.82, 2.24) is 13.8 Å². The molecule has 1 amide bonds. The largest absolute Gasteiger partial charge is 0.419 e. The van der Waals surface area contributed by atoms with Gasteiger partial charge in [0.05, 0.1) is 10.4 Å². The van der Waals surface area contributed by atoms with Gasteiger partial charge < -0.3 is 9.32 Å². The van der Waals surface area contributed by atoms with E-state index in [2.05, 4.69) is 0 Å². The Morgan fingerprint density at radius 1 is 1.07 bits per heavy atom. The predicted molar refractivity (Wildman–Crippen MR) is 107 cm³/mol. The van der Waals surface area contributed by atoms with E-state index in [1.54, 1.807) is 17.9 Å². The van der Waals surface area contributed by atoms with Gasteiger partial charge in [-0.3, -0.25) is 9.36 Å². The van der Waals surface area contributed by atoms with Crippen molar-refractivity contribution in [3.8, 4) is 0 Å². The van der Waals surface area contributed by atoms with Crippen LogP contribution in [0.5, 0.6) is 0 Å². The van der Waals surface area contributed by atoms with E-state index in [-0.39, 0.29) is 42.6 Å². The first-order valence-electron chi connectivity index (χ1n) is 9.49. The Kier molecular flexibility index (Phi) is 5.20. The van der Waals surface area contributed by atoms with E-state index in [1.807, 2.05) is 0 Å². The predicted octanol–water partition coefficient (Wildman–Crippen LogP) is 1.90. The minimum Gasteiger partial charge on any atom is -0.408 e. The highest BCUT2D eigenvalue weighted by molar-refractivity contribution is 7.89. The fourth-order valence-electron chi connectivity index (χ4n) is 3.56. The third-order valence-electron chi connectivity index (χ3n) is 5.21. The summed E-state index contributed by atoms with van der Waals surface area (Å²) in [5, 5.41) is 0. The van der Waals surface area contributed by atoms with Gasteiger partial charge in [-0.15, -0.1) is 0 Å². The number of hydrogen-bond acceptors (Lipinski definition) is 5. The summed E-state index contributed by atoms with van der Waals surface area (Å²) in [6, 6.07) is 9.62.